The van der Waals surface area contributed by atoms with Crippen molar-refractivity contribution in [3.05, 3.63) is 58.1 Å². The summed E-state index contributed by atoms with van der Waals surface area (Å²) in [6.45, 7) is 0. The molecule has 2 atom stereocenters. The second kappa shape index (κ2) is 7.26. The maximum Gasteiger partial charge on any atom is 0.416 e. The van der Waals surface area contributed by atoms with Crippen molar-refractivity contribution in [2.24, 2.45) is 0 Å². The van der Waals surface area contributed by atoms with Crippen LogP contribution in [0.15, 0.2) is 36.4 Å². The summed E-state index contributed by atoms with van der Waals surface area (Å²) in [7, 11) is 0. The summed E-state index contributed by atoms with van der Waals surface area (Å²) < 4.78 is 49.1. The Morgan fingerprint density at radius 1 is 1.14 bits per heavy atom. The molecule has 5 nitrogen and oxygen atoms in total. The van der Waals surface area contributed by atoms with E-state index in [1.807, 2.05) is 0 Å². The number of benzene rings is 2. The van der Waals surface area contributed by atoms with Gasteiger partial charge in [-0.25, -0.2) is 4.79 Å². The van der Waals surface area contributed by atoms with Crippen molar-refractivity contribution in [3.8, 4) is 11.5 Å². The predicted molar refractivity (Wildman–Crippen MR) is 97.1 cm³/mol. The summed E-state index contributed by atoms with van der Waals surface area (Å²) in [6, 6.07) is 8.10. The summed E-state index contributed by atoms with van der Waals surface area (Å²) >= 11 is 5.95. The van der Waals surface area contributed by atoms with E-state index in [1.165, 1.54) is 6.07 Å². The molecular formula is C20H15ClF3NO4. The average Bonchev–Trinajstić information content (AvgIpc) is 3.00. The summed E-state index contributed by atoms with van der Waals surface area (Å²) in [5, 5.41) is 1.99. The molecule has 29 heavy (non-hydrogen) atoms. The summed E-state index contributed by atoms with van der Waals surface area (Å²) in [5.74, 6) is -0.186. The number of halogens is 4. The monoisotopic (exact) mass is 425 g/mol. The van der Waals surface area contributed by atoms with Crippen LogP contribution in [0.5, 0.6) is 11.5 Å². The van der Waals surface area contributed by atoms with Gasteiger partial charge in [-0.15, -0.1) is 0 Å². The largest absolute Gasteiger partial charge is 0.456 e. The maximum absolute atomic E-state index is 12.8. The van der Waals surface area contributed by atoms with Crippen LogP contribution in [0.3, 0.4) is 0 Å². The van der Waals surface area contributed by atoms with Gasteiger partial charge in [-0.3, -0.25) is 10.1 Å². The molecule has 0 bridgehead atoms. The summed E-state index contributed by atoms with van der Waals surface area (Å²) in [6.07, 6.45) is -3.86. The van der Waals surface area contributed by atoms with E-state index in [0.717, 1.165) is 36.1 Å². The van der Waals surface area contributed by atoms with Crippen LogP contribution in [0.25, 0.3) is 0 Å². The number of imide groups is 1. The van der Waals surface area contributed by atoms with E-state index in [-0.39, 0.29) is 16.7 Å². The molecule has 0 saturated carbocycles. The van der Waals surface area contributed by atoms with Crippen LogP contribution in [0.4, 0.5) is 18.0 Å². The first-order valence-corrected chi connectivity index (χ1v) is 9.29. The minimum atomic E-state index is -4.49. The lowest BCUT2D eigenvalue weighted by Gasteiger charge is -2.28. The minimum Gasteiger partial charge on any atom is -0.456 e. The molecule has 2 aromatic carbocycles. The molecule has 1 fully saturated rings. The van der Waals surface area contributed by atoms with Gasteiger partial charge >= 0.3 is 12.3 Å². The van der Waals surface area contributed by atoms with Gasteiger partial charge < -0.3 is 9.47 Å². The van der Waals surface area contributed by atoms with Crippen LogP contribution in [0.1, 0.15) is 35.4 Å². The van der Waals surface area contributed by atoms with Crippen LogP contribution in [0, 0.1) is 0 Å². The van der Waals surface area contributed by atoms with Crippen LogP contribution in [0.2, 0.25) is 5.02 Å². The van der Waals surface area contributed by atoms with Gasteiger partial charge in [0.05, 0.1) is 10.6 Å². The van der Waals surface area contributed by atoms with Gasteiger partial charge in [0, 0.05) is 5.92 Å². The second-order valence-electron chi connectivity index (χ2n) is 6.92. The number of hydrogen-bond acceptors (Lipinski definition) is 4. The Kier molecular flexibility index (Phi) is 4.90. The fourth-order valence-electron chi connectivity index (χ4n) is 3.73. The molecule has 2 amide bonds. The lowest BCUT2D eigenvalue weighted by molar-refractivity contribution is -0.137. The van der Waals surface area contributed by atoms with E-state index < -0.39 is 29.8 Å². The third-order valence-corrected chi connectivity index (χ3v) is 5.34. The minimum absolute atomic E-state index is 0.107. The number of cyclic esters (lactones) is 1. The number of alkyl carbamates (subject to hydrolysis) is 1. The third-order valence-electron chi connectivity index (χ3n) is 5.05. The van der Waals surface area contributed by atoms with Gasteiger partial charge in [0.25, 0.3) is 5.91 Å². The zero-order chi connectivity index (χ0) is 20.8. The maximum atomic E-state index is 12.8. The molecule has 2 aromatic rings. The van der Waals surface area contributed by atoms with Crippen molar-refractivity contribution >= 4 is 23.6 Å². The first-order chi connectivity index (χ1) is 13.7. The number of hydrogen-bond donors (Lipinski definition) is 1. The van der Waals surface area contributed by atoms with E-state index in [4.69, 9.17) is 21.1 Å². The SMILES string of the molecule is O=C1NC(=O)[C@@H]([C@@H]2CCCc3cc(Oc4ccc(C(F)(F)F)cc4Cl)ccc32)O1. The van der Waals surface area contributed by atoms with Gasteiger partial charge in [0.2, 0.25) is 0 Å². The van der Waals surface area contributed by atoms with Crippen molar-refractivity contribution in [2.75, 3.05) is 0 Å². The van der Waals surface area contributed by atoms with E-state index in [0.29, 0.717) is 12.2 Å². The number of alkyl halides is 3. The van der Waals surface area contributed by atoms with Crippen molar-refractivity contribution in [1.82, 2.24) is 5.32 Å². The van der Waals surface area contributed by atoms with E-state index in [2.05, 4.69) is 5.32 Å². The fraction of sp³-hybridized carbons (Fsp3) is 0.300. The van der Waals surface area contributed by atoms with Crippen LogP contribution in [-0.2, 0) is 22.1 Å². The second-order valence-corrected chi connectivity index (χ2v) is 7.33. The quantitative estimate of drug-likeness (QED) is 0.733. The van der Waals surface area contributed by atoms with E-state index >= 15 is 0 Å². The molecular weight excluding hydrogens is 411 g/mol. The molecule has 0 radical (unpaired) electrons. The molecule has 0 unspecified atom stereocenters. The van der Waals surface area contributed by atoms with Gasteiger partial charge in [-0.1, -0.05) is 17.7 Å². The van der Waals surface area contributed by atoms with Gasteiger partial charge in [-0.05, 0) is 60.7 Å². The van der Waals surface area contributed by atoms with Gasteiger partial charge in [0.1, 0.15) is 11.5 Å². The van der Waals surface area contributed by atoms with Crippen molar-refractivity contribution in [1.29, 1.82) is 0 Å². The highest BCUT2D eigenvalue weighted by atomic mass is 35.5. The zero-order valence-electron chi connectivity index (χ0n) is 14.9. The Morgan fingerprint density at radius 3 is 2.59 bits per heavy atom. The number of aryl methyl sites for hydroxylation is 1. The van der Waals surface area contributed by atoms with Crippen molar-refractivity contribution in [2.45, 2.75) is 37.5 Å². The molecule has 1 saturated heterocycles. The molecule has 1 aliphatic heterocycles. The molecule has 0 aromatic heterocycles. The van der Waals surface area contributed by atoms with Crippen LogP contribution in [-0.4, -0.2) is 18.1 Å². The standard InChI is InChI=1S/C20H15ClF3NO4/c21-15-9-11(20(22,23)24)4-7-16(15)28-12-5-6-13-10(8-12)2-1-3-14(13)17-18(26)25-19(27)29-17/h4-9,14,17H,1-3H2,(H,25,26,27)/t14-,17-/m1/s1. The Balaban J connectivity index is 1.57. The number of nitrogens with one attached hydrogen (secondary N) is 1. The molecule has 0 spiro atoms. The molecule has 152 valence electrons. The predicted octanol–water partition coefficient (Wildman–Crippen LogP) is 5.21. The lowest BCUT2D eigenvalue weighted by atomic mass is 9.79. The lowest BCUT2D eigenvalue weighted by Crippen LogP contribution is -2.31. The van der Waals surface area contributed by atoms with Crippen LogP contribution >= 0.6 is 11.6 Å². The topological polar surface area (TPSA) is 64.6 Å². The number of carbonyl (C=O) groups excluding carboxylic acids is 2. The molecule has 1 heterocycles. The number of amides is 2. The van der Waals surface area contributed by atoms with Crippen LogP contribution < -0.4 is 10.1 Å². The Hall–Kier alpha value is -2.74. The number of carbonyl (C=O) groups is 2. The molecule has 1 N–H and O–H groups in total. The van der Waals surface area contributed by atoms with E-state index in [9.17, 15) is 22.8 Å². The highest BCUT2D eigenvalue weighted by Gasteiger charge is 2.41. The average molecular weight is 426 g/mol. The number of fused-ring (bicyclic) bond motifs is 1. The first kappa shape index (κ1) is 19.6. The Bertz CT molecular complexity index is 992. The van der Waals surface area contributed by atoms with Gasteiger partial charge in [0.15, 0.2) is 6.10 Å². The van der Waals surface area contributed by atoms with Gasteiger partial charge in [-0.2, -0.15) is 13.2 Å². The number of ether oxygens (including phenoxy) is 2. The Morgan fingerprint density at radius 2 is 1.93 bits per heavy atom. The molecule has 9 heteroatoms. The van der Waals surface area contributed by atoms with E-state index in [1.54, 1.807) is 18.2 Å². The third kappa shape index (κ3) is 3.89. The first-order valence-electron chi connectivity index (χ1n) is 8.91. The molecule has 4 rings (SSSR count). The highest BCUT2D eigenvalue weighted by molar-refractivity contribution is 6.32. The Labute approximate surface area is 168 Å². The summed E-state index contributed by atoms with van der Waals surface area (Å²) in [5.41, 5.74) is 0.960. The fourth-order valence-corrected chi connectivity index (χ4v) is 3.95. The molecule has 2 aliphatic rings. The normalized spacial score (nSPS) is 21.4. The number of rotatable bonds is 3. The van der Waals surface area contributed by atoms with Crippen molar-refractivity contribution in [3.63, 3.8) is 0 Å². The van der Waals surface area contributed by atoms with Crippen molar-refractivity contribution < 1.29 is 32.2 Å². The highest BCUT2D eigenvalue weighted by Crippen LogP contribution is 2.40. The summed E-state index contributed by atoms with van der Waals surface area (Å²) in [4.78, 5) is 23.3. The zero-order valence-corrected chi connectivity index (χ0v) is 15.6. The smallest absolute Gasteiger partial charge is 0.416 e. The molecule has 1 aliphatic carbocycles.